The maximum absolute atomic E-state index is 12.4. The van der Waals surface area contributed by atoms with Crippen LogP contribution in [-0.2, 0) is 14.8 Å². The number of hydrogen-bond donors (Lipinski definition) is 2. The molecule has 1 heterocycles. The van der Waals surface area contributed by atoms with Crippen LogP contribution in [0.2, 0.25) is 5.02 Å². The molecule has 6 nitrogen and oxygen atoms in total. The van der Waals surface area contributed by atoms with Gasteiger partial charge in [0.15, 0.2) is 0 Å². The molecule has 1 aliphatic rings. The van der Waals surface area contributed by atoms with Gasteiger partial charge >= 0.3 is 5.97 Å². The van der Waals surface area contributed by atoms with Crippen LogP contribution in [0.4, 0.5) is 0 Å². The Labute approximate surface area is 128 Å². The van der Waals surface area contributed by atoms with E-state index in [2.05, 4.69) is 4.72 Å². The standard InChI is InChI=1S/C13H16ClNO5S/c1-13(5-2-6-20-8-13)15-21(18,19)9-3-4-11(14)10(7-9)12(16)17/h3-4,7,15H,2,5-6,8H2,1H3,(H,16,17). The van der Waals surface area contributed by atoms with Crippen molar-refractivity contribution in [2.24, 2.45) is 0 Å². The predicted octanol–water partition coefficient (Wildman–Crippen LogP) is 1.89. The molecule has 8 heteroatoms. The van der Waals surface area contributed by atoms with Crippen molar-refractivity contribution >= 4 is 27.6 Å². The number of carboxylic acid groups (broad SMARTS) is 1. The molecule has 0 aliphatic carbocycles. The number of hydrogen-bond acceptors (Lipinski definition) is 4. The summed E-state index contributed by atoms with van der Waals surface area (Å²) in [6.07, 6.45) is 1.42. The lowest BCUT2D eigenvalue weighted by atomic mass is 9.97. The van der Waals surface area contributed by atoms with E-state index >= 15 is 0 Å². The highest BCUT2D eigenvalue weighted by molar-refractivity contribution is 7.89. The fraction of sp³-hybridized carbons (Fsp3) is 0.462. The van der Waals surface area contributed by atoms with Gasteiger partial charge in [-0.05, 0) is 38.0 Å². The number of sulfonamides is 1. The van der Waals surface area contributed by atoms with Crippen molar-refractivity contribution in [2.45, 2.75) is 30.2 Å². The summed E-state index contributed by atoms with van der Waals surface area (Å²) in [6, 6.07) is 3.60. The fourth-order valence-electron chi connectivity index (χ4n) is 2.23. The minimum atomic E-state index is -3.84. The molecule has 1 atom stereocenters. The number of aromatic carboxylic acids is 1. The van der Waals surface area contributed by atoms with E-state index in [1.54, 1.807) is 6.92 Å². The van der Waals surface area contributed by atoms with Gasteiger partial charge in [-0.25, -0.2) is 17.9 Å². The quantitative estimate of drug-likeness (QED) is 0.877. The number of rotatable bonds is 4. The molecule has 1 aromatic rings. The fourth-order valence-corrected chi connectivity index (χ4v) is 3.88. The molecule has 0 spiro atoms. The highest BCUT2D eigenvalue weighted by Crippen LogP contribution is 2.24. The predicted molar refractivity (Wildman–Crippen MR) is 77.2 cm³/mol. The van der Waals surface area contributed by atoms with E-state index in [4.69, 9.17) is 21.4 Å². The van der Waals surface area contributed by atoms with Crippen LogP contribution in [0.15, 0.2) is 23.1 Å². The van der Waals surface area contributed by atoms with Crippen molar-refractivity contribution in [1.82, 2.24) is 4.72 Å². The molecule has 2 rings (SSSR count). The Hall–Kier alpha value is -1.15. The van der Waals surface area contributed by atoms with Crippen LogP contribution in [0.25, 0.3) is 0 Å². The molecule has 21 heavy (non-hydrogen) atoms. The van der Waals surface area contributed by atoms with Gasteiger partial charge < -0.3 is 9.84 Å². The smallest absolute Gasteiger partial charge is 0.337 e. The largest absolute Gasteiger partial charge is 0.478 e. The Bertz CT molecular complexity index is 653. The van der Waals surface area contributed by atoms with Gasteiger partial charge in [-0.15, -0.1) is 0 Å². The van der Waals surface area contributed by atoms with Gasteiger partial charge in [-0.3, -0.25) is 0 Å². The van der Waals surface area contributed by atoms with E-state index in [1.165, 1.54) is 12.1 Å². The summed E-state index contributed by atoms with van der Waals surface area (Å²) < 4.78 is 32.7. The van der Waals surface area contributed by atoms with Gasteiger partial charge in [-0.2, -0.15) is 0 Å². The second-order valence-electron chi connectivity index (χ2n) is 5.27. The van der Waals surface area contributed by atoms with E-state index in [-0.39, 0.29) is 22.1 Å². The van der Waals surface area contributed by atoms with Gasteiger partial charge in [0, 0.05) is 6.61 Å². The zero-order chi connectivity index (χ0) is 15.7. The Kier molecular flexibility index (Phi) is 4.57. The van der Waals surface area contributed by atoms with Crippen LogP contribution in [0, 0.1) is 0 Å². The van der Waals surface area contributed by atoms with Crippen LogP contribution < -0.4 is 4.72 Å². The summed E-state index contributed by atoms with van der Waals surface area (Å²) in [5.41, 5.74) is -0.940. The second kappa shape index (κ2) is 5.92. The zero-order valence-corrected chi connectivity index (χ0v) is 13.0. The first-order valence-corrected chi connectivity index (χ1v) is 8.24. The highest BCUT2D eigenvalue weighted by Gasteiger charge is 2.33. The third-order valence-electron chi connectivity index (χ3n) is 3.30. The maximum Gasteiger partial charge on any atom is 0.337 e. The van der Waals surface area contributed by atoms with Gasteiger partial charge in [0.1, 0.15) is 0 Å². The van der Waals surface area contributed by atoms with Crippen molar-refractivity contribution < 1.29 is 23.1 Å². The lowest BCUT2D eigenvalue weighted by molar-refractivity contribution is 0.0386. The van der Waals surface area contributed by atoms with Crippen molar-refractivity contribution in [3.05, 3.63) is 28.8 Å². The van der Waals surface area contributed by atoms with Crippen LogP contribution >= 0.6 is 11.6 Å². The molecule has 0 aromatic heterocycles. The van der Waals surface area contributed by atoms with Crippen molar-refractivity contribution in [3.63, 3.8) is 0 Å². The van der Waals surface area contributed by atoms with Crippen LogP contribution in [0.3, 0.4) is 0 Å². The monoisotopic (exact) mass is 333 g/mol. The Morgan fingerprint density at radius 1 is 1.48 bits per heavy atom. The molecule has 1 saturated heterocycles. The first-order chi connectivity index (χ1) is 9.73. The summed E-state index contributed by atoms with van der Waals surface area (Å²) in [5.74, 6) is -1.27. The minimum Gasteiger partial charge on any atom is -0.478 e. The molecule has 2 N–H and O–H groups in total. The SMILES string of the molecule is CC1(NS(=O)(=O)c2ccc(Cl)c(C(=O)O)c2)CCCOC1. The number of benzene rings is 1. The normalized spacial score (nSPS) is 23.0. The zero-order valence-electron chi connectivity index (χ0n) is 11.4. The van der Waals surface area contributed by atoms with E-state index in [9.17, 15) is 13.2 Å². The highest BCUT2D eigenvalue weighted by atomic mass is 35.5. The van der Waals surface area contributed by atoms with E-state index in [1.807, 2.05) is 0 Å². The molecule has 0 amide bonds. The topological polar surface area (TPSA) is 92.7 Å². The van der Waals surface area contributed by atoms with Gasteiger partial charge in [-0.1, -0.05) is 11.6 Å². The number of nitrogens with one attached hydrogen (secondary N) is 1. The molecule has 1 aliphatic heterocycles. The van der Waals surface area contributed by atoms with Crippen molar-refractivity contribution in [1.29, 1.82) is 0 Å². The van der Waals surface area contributed by atoms with Crippen LogP contribution in [0.1, 0.15) is 30.1 Å². The number of carbonyl (C=O) groups is 1. The third-order valence-corrected chi connectivity index (χ3v) is 5.26. The lowest BCUT2D eigenvalue weighted by Crippen LogP contribution is -2.51. The summed E-state index contributed by atoms with van der Waals surface area (Å²) in [5, 5.41) is 9.00. The summed E-state index contributed by atoms with van der Waals surface area (Å²) in [7, 11) is -3.84. The Morgan fingerprint density at radius 2 is 2.19 bits per heavy atom. The maximum atomic E-state index is 12.4. The molecular weight excluding hydrogens is 318 g/mol. The molecule has 116 valence electrons. The van der Waals surface area contributed by atoms with Gasteiger partial charge in [0.2, 0.25) is 10.0 Å². The summed E-state index contributed by atoms with van der Waals surface area (Å²) in [4.78, 5) is 10.9. The molecule has 0 radical (unpaired) electrons. The molecule has 1 unspecified atom stereocenters. The molecule has 1 fully saturated rings. The van der Waals surface area contributed by atoms with Gasteiger partial charge in [0.05, 0.1) is 27.6 Å². The first-order valence-electron chi connectivity index (χ1n) is 6.38. The number of ether oxygens (including phenoxy) is 1. The molecule has 0 bridgehead atoms. The average Bonchev–Trinajstić information content (AvgIpc) is 2.38. The number of halogens is 1. The lowest BCUT2D eigenvalue weighted by Gasteiger charge is -2.33. The van der Waals surface area contributed by atoms with Crippen molar-refractivity contribution in [2.75, 3.05) is 13.2 Å². The Balaban J connectivity index is 2.31. The Morgan fingerprint density at radius 3 is 2.76 bits per heavy atom. The number of carboxylic acids is 1. The van der Waals surface area contributed by atoms with E-state index in [0.29, 0.717) is 13.0 Å². The first kappa shape index (κ1) is 16.2. The minimum absolute atomic E-state index is 0.00587. The summed E-state index contributed by atoms with van der Waals surface area (Å²) >= 11 is 5.74. The van der Waals surface area contributed by atoms with Crippen molar-refractivity contribution in [3.8, 4) is 0 Å². The molecular formula is C13H16ClNO5S. The van der Waals surface area contributed by atoms with Crippen LogP contribution in [0.5, 0.6) is 0 Å². The second-order valence-corrected chi connectivity index (χ2v) is 7.36. The molecule has 1 aromatic carbocycles. The van der Waals surface area contributed by atoms with Crippen LogP contribution in [-0.4, -0.2) is 38.2 Å². The molecule has 0 saturated carbocycles. The average molecular weight is 334 g/mol. The van der Waals surface area contributed by atoms with Gasteiger partial charge in [0.25, 0.3) is 0 Å². The van der Waals surface area contributed by atoms with E-state index < -0.39 is 21.5 Å². The third kappa shape index (κ3) is 3.74. The van der Waals surface area contributed by atoms with E-state index in [0.717, 1.165) is 12.5 Å². The summed E-state index contributed by atoms with van der Waals surface area (Å²) in [6.45, 7) is 2.66.